The van der Waals surface area contributed by atoms with E-state index in [-0.39, 0.29) is 29.0 Å². The molecule has 0 aromatic carbocycles. The fraction of sp³-hybridized carbons (Fsp3) is 0.800. The summed E-state index contributed by atoms with van der Waals surface area (Å²) in [4.78, 5) is 62.7. The predicted octanol–water partition coefficient (Wildman–Crippen LogP) is -9.81. The van der Waals surface area contributed by atoms with Crippen LogP contribution in [0.1, 0.15) is 0 Å². The van der Waals surface area contributed by atoms with Crippen LogP contribution >= 0.6 is 15.6 Å². The predicted molar refractivity (Wildman–Crippen MR) is 102 cm³/mol. The molecule has 0 fully saturated rings. The van der Waals surface area contributed by atoms with Gasteiger partial charge in [-0.1, -0.05) is 0 Å². The molecule has 0 rings (SSSR count). The van der Waals surface area contributed by atoms with Crippen molar-refractivity contribution < 1.29 is 105 Å². The van der Waals surface area contributed by atoms with Crippen molar-refractivity contribution in [3.05, 3.63) is 0 Å². The smallest absolute Gasteiger partial charge is 0.412 e. The van der Waals surface area contributed by atoms with E-state index < -0.39 is 65.5 Å². The largest absolute Gasteiger partial charge is 0.466 e. The van der Waals surface area contributed by atoms with Gasteiger partial charge in [0.2, 0.25) is 0 Å². The average molecular weight is 550 g/mol. The standard InChI is InChI=1S/2C5H10O5.2H3O4P.3H2O/c2*6-1-3(8)5(10)4(9)2-7;2*1-5(2,3)4;;;/h2*1,3-5,7-10H,2H2;2*(H3,1,2,3,4);3*1H2. The van der Waals surface area contributed by atoms with Crippen molar-refractivity contribution >= 4 is 28.2 Å². The summed E-state index contributed by atoms with van der Waals surface area (Å²) >= 11 is 0. The summed E-state index contributed by atoms with van der Waals surface area (Å²) in [6.45, 7) is -1.38. The molecule has 0 bridgehead atoms. The Balaban J connectivity index is -0.0000000556. The normalized spacial score (nSPS) is 15.5. The molecule has 0 heterocycles. The van der Waals surface area contributed by atoms with E-state index in [1.165, 1.54) is 0 Å². The lowest BCUT2D eigenvalue weighted by molar-refractivity contribution is -0.128. The lowest BCUT2D eigenvalue weighted by Crippen LogP contribution is -2.40. The van der Waals surface area contributed by atoms with Gasteiger partial charge in [0, 0.05) is 0 Å². The fourth-order valence-corrected chi connectivity index (χ4v) is 0.832. The minimum atomic E-state index is -4.64. The van der Waals surface area contributed by atoms with Crippen molar-refractivity contribution in [2.75, 3.05) is 13.2 Å². The van der Waals surface area contributed by atoms with Crippen molar-refractivity contribution in [1.82, 2.24) is 0 Å². The molecule has 0 saturated carbocycles. The van der Waals surface area contributed by atoms with Crippen LogP contribution in [-0.4, -0.2) is 149 Å². The Kier molecular flexibility index (Phi) is 38.4. The van der Waals surface area contributed by atoms with Crippen LogP contribution in [0.25, 0.3) is 0 Å². The highest BCUT2D eigenvalue weighted by Crippen LogP contribution is 2.26. The molecule has 6 atom stereocenters. The van der Waals surface area contributed by atoms with Gasteiger partial charge in [-0.15, -0.1) is 0 Å². The van der Waals surface area contributed by atoms with Crippen molar-refractivity contribution in [2.24, 2.45) is 0 Å². The Bertz CT molecular complexity index is 457. The zero-order chi connectivity index (χ0) is 25.3. The number of hydrogen-bond acceptors (Lipinski definition) is 12. The van der Waals surface area contributed by atoms with Gasteiger partial charge in [0.25, 0.3) is 0 Å². The highest BCUT2D eigenvalue weighted by Gasteiger charge is 2.23. The number of carbonyl (C=O) groups is 2. The van der Waals surface area contributed by atoms with Crippen LogP contribution in [-0.2, 0) is 18.7 Å². The van der Waals surface area contributed by atoms with E-state index in [9.17, 15) is 9.59 Å². The first kappa shape index (κ1) is 49.3. The van der Waals surface area contributed by atoms with Gasteiger partial charge < -0.3 is 96.2 Å². The monoisotopic (exact) mass is 550 g/mol. The van der Waals surface area contributed by atoms with Crippen LogP contribution in [0, 0.1) is 0 Å². The molecule has 20 N–H and O–H groups in total. The van der Waals surface area contributed by atoms with Crippen molar-refractivity contribution in [2.45, 2.75) is 36.6 Å². The first-order valence-corrected chi connectivity index (χ1v) is 10.2. The minimum Gasteiger partial charge on any atom is -0.412 e. The quantitative estimate of drug-likeness (QED) is 0.0984. The van der Waals surface area contributed by atoms with E-state index in [0.717, 1.165) is 0 Å². The Morgan fingerprint density at radius 3 is 0.788 bits per heavy atom. The van der Waals surface area contributed by atoms with E-state index in [1.54, 1.807) is 0 Å². The Hall–Kier alpha value is -0.880. The van der Waals surface area contributed by atoms with E-state index in [1.807, 2.05) is 0 Å². The first-order valence-electron chi connectivity index (χ1n) is 7.03. The van der Waals surface area contributed by atoms with E-state index in [2.05, 4.69) is 0 Å². The summed E-state index contributed by atoms with van der Waals surface area (Å²) in [5, 5.41) is 68.1. The molecule has 6 unspecified atom stereocenters. The fourth-order valence-electron chi connectivity index (χ4n) is 0.832. The van der Waals surface area contributed by atoms with Gasteiger partial charge in [0.1, 0.15) is 36.6 Å². The third-order valence-corrected chi connectivity index (χ3v) is 2.14. The van der Waals surface area contributed by atoms with Crippen molar-refractivity contribution in [3.63, 3.8) is 0 Å². The molecule has 0 spiro atoms. The number of phosphoric acid groups is 2. The summed E-state index contributed by atoms with van der Waals surface area (Å²) in [6.07, 6.45) is -9.26. The molecule has 0 saturated heterocycles. The maximum atomic E-state index is 9.76. The van der Waals surface area contributed by atoms with E-state index >= 15 is 0 Å². The maximum Gasteiger partial charge on any atom is 0.466 e. The zero-order valence-electron chi connectivity index (χ0n) is 16.3. The Morgan fingerprint density at radius 2 is 0.697 bits per heavy atom. The molecular formula is C10H32O21P2. The summed E-state index contributed by atoms with van der Waals surface area (Å²) in [5.74, 6) is 0. The van der Waals surface area contributed by atoms with Gasteiger partial charge in [0.15, 0.2) is 12.6 Å². The zero-order valence-corrected chi connectivity index (χ0v) is 18.1. The number of carbonyl (C=O) groups excluding carboxylic acids is 2. The van der Waals surface area contributed by atoms with Crippen LogP contribution in [0.3, 0.4) is 0 Å². The van der Waals surface area contributed by atoms with Crippen LogP contribution in [0.4, 0.5) is 0 Å². The van der Waals surface area contributed by atoms with Crippen LogP contribution < -0.4 is 0 Å². The third-order valence-electron chi connectivity index (χ3n) is 2.14. The molecule has 0 aromatic heterocycles. The third kappa shape index (κ3) is 49.4. The lowest BCUT2D eigenvalue weighted by Gasteiger charge is -2.16. The highest BCUT2D eigenvalue weighted by atomic mass is 31.2. The number of hydrogen-bond donors (Lipinski definition) is 14. The van der Waals surface area contributed by atoms with Gasteiger partial charge >= 0.3 is 15.6 Å². The first-order chi connectivity index (χ1) is 13.3. The maximum absolute atomic E-state index is 9.76. The molecule has 33 heavy (non-hydrogen) atoms. The molecule has 21 nitrogen and oxygen atoms in total. The minimum absolute atomic E-state index is 0. The summed E-state index contributed by atoms with van der Waals surface area (Å²) < 4.78 is 17.8. The topological polar surface area (TPSA) is 446 Å². The molecule has 0 aromatic rings. The second-order valence-electron chi connectivity index (χ2n) is 4.76. The van der Waals surface area contributed by atoms with Crippen molar-refractivity contribution in [3.8, 4) is 0 Å². The highest BCUT2D eigenvalue weighted by molar-refractivity contribution is 7.45. The van der Waals surface area contributed by atoms with E-state index in [4.69, 9.17) is 79.3 Å². The van der Waals surface area contributed by atoms with Gasteiger partial charge in [-0.2, -0.15) is 0 Å². The summed E-state index contributed by atoms with van der Waals surface area (Å²) in [6, 6.07) is 0. The molecule has 208 valence electrons. The second-order valence-corrected chi connectivity index (χ2v) is 6.81. The summed E-state index contributed by atoms with van der Waals surface area (Å²) in [5.41, 5.74) is 0. The van der Waals surface area contributed by atoms with Crippen LogP contribution in [0.15, 0.2) is 0 Å². The van der Waals surface area contributed by atoms with Gasteiger partial charge in [-0.05, 0) is 0 Å². The van der Waals surface area contributed by atoms with Crippen LogP contribution in [0.2, 0.25) is 0 Å². The van der Waals surface area contributed by atoms with Gasteiger partial charge in [0.05, 0.1) is 13.2 Å². The van der Waals surface area contributed by atoms with Crippen molar-refractivity contribution in [1.29, 1.82) is 0 Å². The number of aldehydes is 2. The van der Waals surface area contributed by atoms with E-state index in [0.29, 0.717) is 0 Å². The van der Waals surface area contributed by atoms with Gasteiger partial charge in [-0.25, -0.2) is 9.13 Å². The Labute approximate surface area is 184 Å². The molecule has 23 heteroatoms. The van der Waals surface area contributed by atoms with Gasteiger partial charge in [-0.3, -0.25) is 0 Å². The summed E-state index contributed by atoms with van der Waals surface area (Å²) in [7, 11) is -9.28. The lowest BCUT2D eigenvalue weighted by atomic mass is 10.1. The molecule has 0 aliphatic heterocycles. The van der Waals surface area contributed by atoms with Crippen LogP contribution in [0.5, 0.6) is 0 Å². The molecule has 0 radical (unpaired) electrons. The number of aliphatic hydroxyl groups excluding tert-OH is 8. The molecule has 0 aliphatic rings. The Morgan fingerprint density at radius 1 is 0.545 bits per heavy atom. The second kappa shape index (κ2) is 25.7. The molecule has 0 amide bonds. The SMILES string of the molecule is O.O.O.O=CC(O)C(O)C(O)CO.O=CC(O)C(O)C(O)CO.O=P(O)(O)O.O=P(O)(O)O. The average Bonchev–Trinajstić information content (AvgIpc) is 2.61. The molecular weight excluding hydrogens is 518 g/mol. The molecule has 0 aliphatic carbocycles. The number of aliphatic hydroxyl groups is 8. The number of rotatable bonds is 8.